The highest BCUT2D eigenvalue weighted by molar-refractivity contribution is 5.85. The van der Waals surface area contributed by atoms with Crippen molar-refractivity contribution in [1.82, 2.24) is 10.6 Å². The lowest BCUT2D eigenvalue weighted by Gasteiger charge is -2.42. The summed E-state index contributed by atoms with van der Waals surface area (Å²) in [4.78, 5) is 12.5. The van der Waals surface area contributed by atoms with Crippen LogP contribution in [0, 0.1) is 0 Å². The van der Waals surface area contributed by atoms with Crippen molar-refractivity contribution in [2.75, 3.05) is 13.2 Å². The van der Waals surface area contributed by atoms with Gasteiger partial charge in [0.25, 0.3) is 0 Å². The van der Waals surface area contributed by atoms with E-state index >= 15 is 0 Å². The molecule has 4 nitrogen and oxygen atoms in total. The molecule has 1 aromatic rings. The number of carbonyl (C=O) groups excluding carboxylic acids is 1. The van der Waals surface area contributed by atoms with Crippen LogP contribution in [-0.2, 0) is 11.3 Å². The van der Waals surface area contributed by atoms with Gasteiger partial charge in [-0.25, -0.2) is 0 Å². The van der Waals surface area contributed by atoms with Crippen LogP contribution in [-0.4, -0.2) is 29.7 Å². The number of benzene rings is 1. The highest BCUT2D eigenvalue weighted by Crippen LogP contribution is 2.33. The summed E-state index contributed by atoms with van der Waals surface area (Å²) in [5.74, 6) is -0.109. The zero-order chi connectivity index (χ0) is 13.3. The van der Waals surface area contributed by atoms with Crippen molar-refractivity contribution in [3.8, 4) is 0 Å². The third-order valence-electron chi connectivity index (χ3n) is 4.41. The summed E-state index contributed by atoms with van der Waals surface area (Å²) in [6.07, 6.45) is 2.86. The number of nitrogens with one attached hydrogen (secondary N) is 2. The molecule has 2 aliphatic rings. The maximum Gasteiger partial charge on any atom is 0.229 e. The number of amides is 1. The molecule has 1 aliphatic heterocycles. The topological polar surface area (TPSA) is 61.4 Å². The van der Waals surface area contributed by atoms with Gasteiger partial charge in [0.1, 0.15) is 0 Å². The van der Waals surface area contributed by atoms with E-state index in [2.05, 4.69) is 16.7 Å². The second-order valence-electron chi connectivity index (χ2n) is 5.66. The molecule has 1 aliphatic carbocycles. The minimum absolute atomic E-state index is 0.0356. The lowest BCUT2D eigenvalue weighted by molar-refractivity contribution is -0.126. The van der Waals surface area contributed by atoms with Crippen molar-refractivity contribution < 1.29 is 9.90 Å². The molecule has 4 heteroatoms. The van der Waals surface area contributed by atoms with Gasteiger partial charge in [-0.15, -0.1) is 0 Å². The Bertz CT molecular complexity index is 477. The molecule has 1 aromatic carbocycles. The molecule has 1 saturated carbocycles. The van der Waals surface area contributed by atoms with Crippen LogP contribution in [0.4, 0.5) is 0 Å². The zero-order valence-electron chi connectivity index (χ0n) is 11.0. The Hall–Kier alpha value is -1.39. The molecular formula is C15H20N2O2. The Morgan fingerprint density at radius 1 is 1.42 bits per heavy atom. The molecule has 102 valence electrons. The van der Waals surface area contributed by atoms with Crippen molar-refractivity contribution >= 4 is 5.91 Å². The third kappa shape index (κ3) is 2.26. The van der Waals surface area contributed by atoms with E-state index < -0.39 is 0 Å². The second-order valence-corrected chi connectivity index (χ2v) is 5.66. The van der Waals surface area contributed by atoms with Gasteiger partial charge in [-0.2, -0.15) is 0 Å². The molecule has 3 N–H and O–H groups in total. The average molecular weight is 260 g/mol. The van der Waals surface area contributed by atoms with Crippen LogP contribution in [0.1, 0.15) is 36.3 Å². The number of aliphatic hydroxyl groups is 1. The summed E-state index contributed by atoms with van der Waals surface area (Å²) in [5, 5.41) is 15.8. The van der Waals surface area contributed by atoms with Crippen molar-refractivity contribution in [2.24, 2.45) is 0 Å². The number of hydrogen-bond donors (Lipinski definition) is 3. The van der Waals surface area contributed by atoms with Gasteiger partial charge in [-0.1, -0.05) is 24.3 Å². The summed E-state index contributed by atoms with van der Waals surface area (Å²) in [6, 6.07) is 8.08. The second kappa shape index (κ2) is 4.94. The Morgan fingerprint density at radius 3 is 2.89 bits per heavy atom. The number of carbonyl (C=O) groups is 1. The third-order valence-corrected chi connectivity index (χ3v) is 4.41. The summed E-state index contributed by atoms with van der Waals surface area (Å²) in [5.41, 5.74) is 1.95. The Morgan fingerprint density at radius 2 is 2.21 bits per heavy atom. The smallest absolute Gasteiger partial charge is 0.229 e. The molecule has 1 unspecified atom stereocenters. The molecule has 19 heavy (non-hydrogen) atoms. The van der Waals surface area contributed by atoms with E-state index in [4.69, 9.17) is 0 Å². The van der Waals surface area contributed by atoms with Gasteiger partial charge < -0.3 is 15.7 Å². The summed E-state index contributed by atoms with van der Waals surface area (Å²) in [6.45, 7) is 1.54. The zero-order valence-corrected chi connectivity index (χ0v) is 11.0. The van der Waals surface area contributed by atoms with E-state index in [-0.39, 0.29) is 24.0 Å². The highest BCUT2D eigenvalue weighted by atomic mass is 16.3. The molecule has 0 aromatic heterocycles. The number of hydrogen-bond acceptors (Lipinski definition) is 3. The molecule has 1 atom stereocenters. The lowest BCUT2D eigenvalue weighted by Crippen LogP contribution is -2.58. The molecule has 0 spiro atoms. The van der Waals surface area contributed by atoms with E-state index in [0.717, 1.165) is 31.4 Å². The normalized spacial score (nSPS) is 24.2. The molecule has 0 saturated heterocycles. The molecular weight excluding hydrogens is 240 g/mol. The first-order chi connectivity index (χ1) is 9.24. The lowest BCUT2D eigenvalue weighted by atomic mass is 9.76. The molecule has 0 bridgehead atoms. The van der Waals surface area contributed by atoms with Crippen LogP contribution in [0.2, 0.25) is 0 Å². The minimum atomic E-state index is -0.358. The van der Waals surface area contributed by atoms with Crippen molar-refractivity contribution in [3.05, 3.63) is 35.4 Å². The summed E-state index contributed by atoms with van der Waals surface area (Å²) in [7, 11) is 0. The molecule has 3 rings (SSSR count). The number of rotatable bonds is 3. The van der Waals surface area contributed by atoms with Gasteiger partial charge >= 0.3 is 0 Å². The van der Waals surface area contributed by atoms with E-state index in [1.165, 1.54) is 5.56 Å². The maximum absolute atomic E-state index is 12.5. The van der Waals surface area contributed by atoms with Crippen LogP contribution in [0.5, 0.6) is 0 Å². The fourth-order valence-corrected chi connectivity index (χ4v) is 3.00. The molecule has 1 amide bonds. The first-order valence-corrected chi connectivity index (χ1v) is 6.95. The summed E-state index contributed by atoms with van der Waals surface area (Å²) < 4.78 is 0. The highest BCUT2D eigenvalue weighted by Gasteiger charge is 2.39. The fraction of sp³-hybridized carbons (Fsp3) is 0.533. The maximum atomic E-state index is 12.5. The first-order valence-electron chi connectivity index (χ1n) is 6.95. The van der Waals surface area contributed by atoms with E-state index in [1.54, 1.807) is 0 Å². The van der Waals surface area contributed by atoms with Gasteiger partial charge in [0.2, 0.25) is 5.91 Å². The standard InChI is InChI=1S/C15H20N2O2/c18-10-15(6-3-7-15)17-14(19)13-9-16-8-11-4-1-2-5-12(11)13/h1-2,4-5,13,16,18H,3,6-10H2,(H,17,19). The fourth-order valence-electron chi connectivity index (χ4n) is 3.00. The van der Waals surface area contributed by atoms with Crippen LogP contribution in [0.25, 0.3) is 0 Å². The number of aliphatic hydroxyl groups excluding tert-OH is 1. The van der Waals surface area contributed by atoms with Gasteiger partial charge in [0.05, 0.1) is 18.1 Å². The van der Waals surface area contributed by atoms with Crippen LogP contribution in [0.15, 0.2) is 24.3 Å². The van der Waals surface area contributed by atoms with E-state index in [0.29, 0.717) is 6.54 Å². The van der Waals surface area contributed by atoms with Gasteiger partial charge in [-0.3, -0.25) is 4.79 Å². The van der Waals surface area contributed by atoms with Gasteiger partial charge in [0.15, 0.2) is 0 Å². The minimum Gasteiger partial charge on any atom is -0.394 e. The van der Waals surface area contributed by atoms with E-state index in [1.807, 2.05) is 18.2 Å². The van der Waals surface area contributed by atoms with Crippen molar-refractivity contribution in [3.63, 3.8) is 0 Å². The van der Waals surface area contributed by atoms with Crippen LogP contribution >= 0.6 is 0 Å². The predicted molar refractivity (Wildman–Crippen MR) is 72.7 cm³/mol. The average Bonchev–Trinajstić information content (AvgIpc) is 2.42. The Labute approximate surface area is 113 Å². The molecule has 1 heterocycles. The van der Waals surface area contributed by atoms with Gasteiger partial charge in [-0.05, 0) is 30.4 Å². The molecule has 0 radical (unpaired) electrons. The summed E-state index contributed by atoms with van der Waals surface area (Å²) >= 11 is 0. The Balaban J connectivity index is 1.78. The number of fused-ring (bicyclic) bond motifs is 1. The van der Waals surface area contributed by atoms with Gasteiger partial charge in [0, 0.05) is 13.1 Å². The SMILES string of the molecule is O=C(NC1(CO)CCC1)C1CNCc2ccccc21. The largest absolute Gasteiger partial charge is 0.394 e. The van der Waals surface area contributed by atoms with Crippen molar-refractivity contribution in [2.45, 2.75) is 37.3 Å². The predicted octanol–water partition coefficient (Wildman–Crippen LogP) is 0.905. The quantitative estimate of drug-likeness (QED) is 0.757. The Kier molecular flexibility index (Phi) is 3.29. The van der Waals surface area contributed by atoms with E-state index in [9.17, 15) is 9.90 Å². The van der Waals surface area contributed by atoms with Crippen LogP contribution in [0.3, 0.4) is 0 Å². The first kappa shape index (κ1) is 12.6. The van der Waals surface area contributed by atoms with Crippen molar-refractivity contribution in [1.29, 1.82) is 0 Å². The van der Waals surface area contributed by atoms with Crippen LogP contribution < -0.4 is 10.6 Å². The monoisotopic (exact) mass is 260 g/mol. The molecule has 1 fully saturated rings.